The summed E-state index contributed by atoms with van der Waals surface area (Å²) < 4.78 is 24.0. The lowest BCUT2D eigenvalue weighted by atomic mass is 10.1. The van der Waals surface area contributed by atoms with E-state index in [1.807, 2.05) is 27.7 Å². The molecule has 23 heavy (non-hydrogen) atoms. The number of ether oxygens (including phenoxy) is 2. The topological polar surface area (TPSA) is 54.9 Å². The smallest absolute Gasteiger partial charge is 0.191 e. The Morgan fingerprint density at radius 1 is 1.26 bits per heavy atom. The van der Waals surface area contributed by atoms with Gasteiger partial charge in [0.1, 0.15) is 17.7 Å². The van der Waals surface area contributed by atoms with Gasteiger partial charge in [-0.1, -0.05) is 0 Å². The minimum absolute atomic E-state index is 0.0836. The van der Waals surface area contributed by atoms with Crippen LogP contribution in [0.2, 0.25) is 0 Å². The molecule has 0 aliphatic heterocycles. The summed E-state index contributed by atoms with van der Waals surface area (Å²) in [5, 5.41) is 6.42. The number of guanidine groups is 1. The highest BCUT2D eigenvalue weighted by molar-refractivity contribution is 5.79. The molecule has 2 N–H and O–H groups in total. The van der Waals surface area contributed by atoms with Gasteiger partial charge in [-0.05, 0) is 52.0 Å². The van der Waals surface area contributed by atoms with E-state index in [1.54, 1.807) is 19.2 Å². The first-order valence-electron chi connectivity index (χ1n) is 7.86. The van der Waals surface area contributed by atoms with Crippen molar-refractivity contribution in [1.29, 1.82) is 0 Å². The second kappa shape index (κ2) is 9.35. The van der Waals surface area contributed by atoms with Crippen molar-refractivity contribution in [2.24, 2.45) is 4.99 Å². The molecule has 0 saturated carbocycles. The molecule has 0 heterocycles. The molecule has 1 atom stereocenters. The Labute approximate surface area is 138 Å². The number of rotatable bonds is 8. The lowest BCUT2D eigenvalue weighted by Crippen LogP contribution is -2.42. The summed E-state index contributed by atoms with van der Waals surface area (Å²) in [6.07, 6.45) is -0.0836. The number of benzene rings is 1. The quantitative estimate of drug-likeness (QED) is 0.570. The highest BCUT2D eigenvalue weighted by atomic mass is 19.1. The Kier molecular flexibility index (Phi) is 7.81. The molecule has 0 aliphatic carbocycles. The van der Waals surface area contributed by atoms with Gasteiger partial charge >= 0.3 is 0 Å². The monoisotopic (exact) mass is 325 g/mol. The Bertz CT molecular complexity index is 489. The molecule has 1 rings (SSSR count). The number of aliphatic imine (C=N–C) groups is 1. The Morgan fingerprint density at radius 3 is 2.48 bits per heavy atom. The number of nitrogens with one attached hydrogen (secondary N) is 2. The van der Waals surface area contributed by atoms with E-state index in [-0.39, 0.29) is 17.5 Å². The van der Waals surface area contributed by atoms with E-state index in [1.165, 1.54) is 12.1 Å². The molecule has 0 spiro atoms. The van der Waals surface area contributed by atoms with Gasteiger partial charge in [0.15, 0.2) is 5.96 Å². The maximum atomic E-state index is 12.9. The van der Waals surface area contributed by atoms with Crippen LogP contribution in [0.1, 0.15) is 27.7 Å². The molecule has 0 amide bonds. The van der Waals surface area contributed by atoms with Crippen molar-refractivity contribution in [3.8, 4) is 5.75 Å². The summed E-state index contributed by atoms with van der Waals surface area (Å²) in [5.74, 6) is 1.08. The van der Waals surface area contributed by atoms with E-state index in [4.69, 9.17) is 9.47 Å². The summed E-state index contributed by atoms with van der Waals surface area (Å²) in [6, 6.07) is 6.00. The Hall–Kier alpha value is -1.82. The zero-order valence-electron chi connectivity index (χ0n) is 14.6. The van der Waals surface area contributed by atoms with Crippen LogP contribution in [0.25, 0.3) is 0 Å². The zero-order chi connectivity index (χ0) is 17.3. The number of hydrogen-bond donors (Lipinski definition) is 2. The average Bonchev–Trinajstić information content (AvgIpc) is 2.52. The molecule has 0 aromatic heterocycles. The molecule has 0 radical (unpaired) electrons. The van der Waals surface area contributed by atoms with Gasteiger partial charge in [0.05, 0.1) is 18.7 Å². The van der Waals surface area contributed by atoms with Crippen LogP contribution >= 0.6 is 0 Å². The van der Waals surface area contributed by atoms with E-state index in [0.29, 0.717) is 24.8 Å². The maximum absolute atomic E-state index is 12.9. The molecule has 1 unspecified atom stereocenters. The normalized spacial score (nSPS) is 13.6. The van der Waals surface area contributed by atoms with E-state index >= 15 is 0 Å². The fourth-order valence-electron chi connectivity index (χ4n) is 1.70. The summed E-state index contributed by atoms with van der Waals surface area (Å²) in [6.45, 7) is 9.83. The third-order valence-electron chi connectivity index (χ3n) is 3.22. The fraction of sp³-hybridized carbons (Fsp3) is 0.588. The van der Waals surface area contributed by atoms with Crippen LogP contribution in [-0.4, -0.2) is 44.4 Å². The predicted octanol–water partition coefficient (Wildman–Crippen LogP) is 2.57. The van der Waals surface area contributed by atoms with Gasteiger partial charge in [0.25, 0.3) is 0 Å². The van der Waals surface area contributed by atoms with Crippen molar-refractivity contribution >= 4 is 5.96 Å². The number of methoxy groups -OCH3 is 1. The van der Waals surface area contributed by atoms with Crippen LogP contribution in [0, 0.1) is 5.82 Å². The standard InChI is InChI=1S/C17H28FN3O2/c1-6-19-16(21-12-17(3,4)22-5)20-11-13(2)23-15-9-7-14(18)8-10-15/h7-10,13H,6,11-12H2,1-5H3,(H2,19,20,21). The van der Waals surface area contributed by atoms with E-state index in [0.717, 1.165) is 6.54 Å². The molecule has 0 bridgehead atoms. The van der Waals surface area contributed by atoms with Crippen LogP contribution < -0.4 is 15.4 Å². The third kappa shape index (κ3) is 7.83. The van der Waals surface area contributed by atoms with Gasteiger partial charge < -0.3 is 20.1 Å². The first-order valence-corrected chi connectivity index (χ1v) is 7.86. The molecule has 0 fully saturated rings. The van der Waals surface area contributed by atoms with Gasteiger partial charge in [0.2, 0.25) is 0 Å². The molecule has 6 heteroatoms. The van der Waals surface area contributed by atoms with Crippen molar-refractivity contribution in [2.45, 2.75) is 39.4 Å². The lowest BCUT2D eigenvalue weighted by Gasteiger charge is -2.22. The number of halogens is 1. The molecule has 0 aliphatic rings. The van der Waals surface area contributed by atoms with Crippen molar-refractivity contribution in [1.82, 2.24) is 10.6 Å². The zero-order valence-corrected chi connectivity index (χ0v) is 14.6. The molecule has 5 nitrogen and oxygen atoms in total. The highest BCUT2D eigenvalue weighted by Crippen LogP contribution is 2.12. The highest BCUT2D eigenvalue weighted by Gasteiger charge is 2.16. The number of hydrogen-bond acceptors (Lipinski definition) is 3. The van der Waals surface area contributed by atoms with Crippen molar-refractivity contribution in [2.75, 3.05) is 26.7 Å². The molecule has 1 aromatic carbocycles. The maximum Gasteiger partial charge on any atom is 0.191 e. The summed E-state index contributed by atoms with van der Waals surface area (Å²) in [7, 11) is 1.68. The van der Waals surface area contributed by atoms with Crippen LogP contribution in [0.15, 0.2) is 29.3 Å². The molecule has 0 saturated heterocycles. The Balaban J connectivity index is 2.50. The van der Waals surface area contributed by atoms with Crippen LogP contribution in [-0.2, 0) is 4.74 Å². The van der Waals surface area contributed by atoms with Crippen molar-refractivity contribution < 1.29 is 13.9 Å². The van der Waals surface area contributed by atoms with E-state index in [9.17, 15) is 4.39 Å². The number of nitrogens with zero attached hydrogens (tertiary/aromatic N) is 1. The van der Waals surface area contributed by atoms with Gasteiger partial charge in [0, 0.05) is 13.7 Å². The van der Waals surface area contributed by atoms with Crippen molar-refractivity contribution in [3.63, 3.8) is 0 Å². The minimum atomic E-state index is -0.307. The molecular weight excluding hydrogens is 297 g/mol. The fourth-order valence-corrected chi connectivity index (χ4v) is 1.70. The predicted molar refractivity (Wildman–Crippen MR) is 91.6 cm³/mol. The first-order chi connectivity index (χ1) is 10.9. The Morgan fingerprint density at radius 2 is 1.91 bits per heavy atom. The van der Waals surface area contributed by atoms with E-state index < -0.39 is 0 Å². The summed E-state index contributed by atoms with van der Waals surface area (Å²) in [5.41, 5.74) is -0.307. The van der Waals surface area contributed by atoms with Crippen molar-refractivity contribution in [3.05, 3.63) is 30.1 Å². The SMILES string of the molecule is CCNC(=NCC(C)(C)OC)NCC(C)Oc1ccc(F)cc1. The molecule has 1 aromatic rings. The third-order valence-corrected chi connectivity index (χ3v) is 3.22. The lowest BCUT2D eigenvalue weighted by molar-refractivity contribution is 0.0310. The summed E-state index contributed by atoms with van der Waals surface area (Å²) >= 11 is 0. The van der Waals surface area contributed by atoms with E-state index in [2.05, 4.69) is 15.6 Å². The van der Waals surface area contributed by atoms with Gasteiger partial charge in [-0.15, -0.1) is 0 Å². The van der Waals surface area contributed by atoms with Gasteiger partial charge in [-0.3, -0.25) is 4.99 Å². The molecule has 130 valence electrons. The van der Waals surface area contributed by atoms with Crippen LogP contribution in [0.4, 0.5) is 4.39 Å². The van der Waals surface area contributed by atoms with Gasteiger partial charge in [-0.25, -0.2) is 4.39 Å². The molecular formula is C17H28FN3O2. The second-order valence-corrected chi connectivity index (χ2v) is 5.92. The minimum Gasteiger partial charge on any atom is -0.489 e. The average molecular weight is 325 g/mol. The first kappa shape index (κ1) is 19.2. The largest absolute Gasteiger partial charge is 0.489 e. The van der Waals surface area contributed by atoms with Crippen LogP contribution in [0.3, 0.4) is 0 Å². The second-order valence-electron chi connectivity index (χ2n) is 5.92. The van der Waals surface area contributed by atoms with Crippen LogP contribution in [0.5, 0.6) is 5.75 Å². The van der Waals surface area contributed by atoms with Gasteiger partial charge in [-0.2, -0.15) is 0 Å². The summed E-state index contributed by atoms with van der Waals surface area (Å²) in [4.78, 5) is 4.51.